The Kier molecular flexibility index (Phi) is 5.09. The van der Waals surface area contributed by atoms with Crippen LogP contribution in [0.25, 0.3) is 0 Å². The number of methoxy groups -OCH3 is 1. The first-order chi connectivity index (χ1) is 8.58. The number of amides is 1. The number of aryl methyl sites for hydroxylation is 1. The monoisotopic (exact) mass is 256 g/mol. The van der Waals surface area contributed by atoms with Crippen LogP contribution in [0.15, 0.2) is 6.20 Å². The smallest absolute Gasteiger partial charge is 0.350 e. The third-order valence-corrected chi connectivity index (χ3v) is 2.24. The molecule has 8 nitrogen and oxygen atoms in total. The molecule has 0 unspecified atom stereocenters. The average molecular weight is 256 g/mol. The second kappa shape index (κ2) is 6.58. The van der Waals surface area contributed by atoms with Crippen molar-refractivity contribution in [2.75, 3.05) is 13.7 Å². The van der Waals surface area contributed by atoms with E-state index in [1.807, 2.05) is 6.92 Å². The van der Waals surface area contributed by atoms with Gasteiger partial charge < -0.3 is 10.1 Å². The highest BCUT2D eigenvalue weighted by atomic mass is 16.6. The van der Waals surface area contributed by atoms with Crippen LogP contribution in [0.3, 0.4) is 0 Å². The third kappa shape index (κ3) is 3.72. The molecule has 100 valence electrons. The Morgan fingerprint density at radius 1 is 1.67 bits per heavy atom. The van der Waals surface area contributed by atoms with Crippen molar-refractivity contribution in [1.82, 2.24) is 15.1 Å². The lowest BCUT2D eigenvalue weighted by atomic mass is 10.4. The van der Waals surface area contributed by atoms with E-state index in [4.69, 9.17) is 4.74 Å². The third-order valence-electron chi connectivity index (χ3n) is 2.24. The number of hydrogen-bond donors (Lipinski definition) is 1. The van der Waals surface area contributed by atoms with Crippen molar-refractivity contribution in [2.24, 2.45) is 0 Å². The van der Waals surface area contributed by atoms with Gasteiger partial charge in [0.05, 0.1) is 18.6 Å². The summed E-state index contributed by atoms with van der Waals surface area (Å²) in [5.41, 5.74) is -0.202. The topological polar surface area (TPSA) is 99.3 Å². The lowest BCUT2D eigenvalue weighted by Gasteiger charge is -2.02. The number of carbonyl (C=O) groups excluding carboxylic acids is 1. The van der Waals surface area contributed by atoms with E-state index in [1.165, 1.54) is 18.0 Å². The summed E-state index contributed by atoms with van der Waals surface area (Å²) in [6.45, 7) is 2.86. The van der Waals surface area contributed by atoms with E-state index in [9.17, 15) is 14.9 Å². The highest BCUT2D eigenvalue weighted by Gasteiger charge is 2.20. The maximum atomic E-state index is 11.4. The van der Waals surface area contributed by atoms with Crippen molar-refractivity contribution < 1.29 is 14.5 Å². The molecule has 0 fully saturated rings. The van der Waals surface area contributed by atoms with Gasteiger partial charge in [-0.25, -0.2) is 0 Å². The van der Waals surface area contributed by atoms with Gasteiger partial charge in [0.25, 0.3) is 0 Å². The highest BCUT2D eigenvalue weighted by molar-refractivity contribution is 5.75. The largest absolute Gasteiger partial charge is 0.475 e. The number of ether oxygens (including phenoxy) is 1. The lowest BCUT2D eigenvalue weighted by molar-refractivity contribution is -0.385. The van der Waals surface area contributed by atoms with Crippen LogP contribution in [-0.4, -0.2) is 34.3 Å². The van der Waals surface area contributed by atoms with Crippen molar-refractivity contribution in [3.8, 4) is 5.88 Å². The van der Waals surface area contributed by atoms with Gasteiger partial charge in [-0.2, -0.15) is 0 Å². The van der Waals surface area contributed by atoms with Crippen molar-refractivity contribution in [2.45, 2.75) is 26.3 Å². The predicted octanol–water partition coefficient (Wildman–Crippen LogP) is 0.716. The van der Waals surface area contributed by atoms with Crippen LogP contribution in [-0.2, 0) is 11.3 Å². The van der Waals surface area contributed by atoms with E-state index in [-0.39, 0.29) is 30.4 Å². The lowest BCUT2D eigenvalue weighted by Crippen LogP contribution is -2.25. The molecule has 0 saturated heterocycles. The number of carbonyl (C=O) groups is 1. The van der Waals surface area contributed by atoms with E-state index >= 15 is 0 Å². The van der Waals surface area contributed by atoms with E-state index in [0.29, 0.717) is 6.54 Å². The quantitative estimate of drug-likeness (QED) is 0.572. The van der Waals surface area contributed by atoms with Crippen LogP contribution >= 0.6 is 0 Å². The Balaban J connectivity index is 2.57. The molecule has 0 aliphatic carbocycles. The zero-order valence-electron chi connectivity index (χ0n) is 10.4. The molecule has 1 N–H and O–H groups in total. The Hall–Kier alpha value is -2.12. The molecule has 1 amide bonds. The van der Waals surface area contributed by atoms with Crippen LogP contribution in [0.1, 0.15) is 19.8 Å². The Morgan fingerprint density at radius 3 is 2.89 bits per heavy atom. The molecular formula is C10H16N4O4. The number of nitrogens with zero attached hydrogens (tertiary/aromatic N) is 3. The number of rotatable bonds is 7. The minimum atomic E-state index is -0.570. The van der Waals surface area contributed by atoms with Crippen LogP contribution in [0, 0.1) is 10.1 Å². The highest BCUT2D eigenvalue weighted by Crippen LogP contribution is 2.23. The molecule has 0 saturated carbocycles. The molecule has 18 heavy (non-hydrogen) atoms. The molecule has 0 aliphatic rings. The summed E-state index contributed by atoms with van der Waals surface area (Å²) >= 11 is 0. The van der Waals surface area contributed by atoms with E-state index in [2.05, 4.69) is 10.4 Å². The summed E-state index contributed by atoms with van der Waals surface area (Å²) in [6, 6.07) is 0. The van der Waals surface area contributed by atoms with E-state index in [1.54, 1.807) is 0 Å². The molecule has 1 aromatic rings. The summed E-state index contributed by atoms with van der Waals surface area (Å²) in [4.78, 5) is 21.4. The van der Waals surface area contributed by atoms with Crippen LogP contribution < -0.4 is 10.1 Å². The summed E-state index contributed by atoms with van der Waals surface area (Å²) in [7, 11) is 1.31. The van der Waals surface area contributed by atoms with Crippen molar-refractivity contribution in [3.05, 3.63) is 16.3 Å². The van der Waals surface area contributed by atoms with Crippen LogP contribution in [0.4, 0.5) is 5.69 Å². The van der Waals surface area contributed by atoms with Gasteiger partial charge in [-0.15, -0.1) is 5.10 Å². The molecule has 0 bridgehead atoms. The zero-order valence-corrected chi connectivity index (χ0v) is 10.4. The van der Waals surface area contributed by atoms with E-state index in [0.717, 1.165) is 6.42 Å². The number of hydrogen-bond acceptors (Lipinski definition) is 5. The predicted molar refractivity (Wildman–Crippen MR) is 63.4 cm³/mol. The van der Waals surface area contributed by atoms with Crippen LogP contribution in [0.2, 0.25) is 0 Å². The fraction of sp³-hybridized carbons (Fsp3) is 0.600. The fourth-order valence-electron chi connectivity index (χ4n) is 1.35. The maximum absolute atomic E-state index is 11.4. The molecule has 8 heteroatoms. The maximum Gasteiger partial charge on any atom is 0.350 e. The first kappa shape index (κ1) is 13.9. The average Bonchev–Trinajstić information content (AvgIpc) is 2.77. The minimum Gasteiger partial charge on any atom is -0.475 e. The Labute approximate surface area is 104 Å². The van der Waals surface area contributed by atoms with Crippen molar-refractivity contribution in [3.63, 3.8) is 0 Å². The van der Waals surface area contributed by atoms with Gasteiger partial charge in [-0.3, -0.25) is 19.6 Å². The van der Waals surface area contributed by atoms with Crippen molar-refractivity contribution >= 4 is 11.6 Å². The molecule has 0 atom stereocenters. The van der Waals surface area contributed by atoms with Gasteiger partial charge in [0, 0.05) is 13.0 Å². The minimum absolute atomic E-state index is 0.0473. The summed E-state index contributed by atoms with van der Waals surface area (Å²) < 4.78 is 6.12. The van der Waals surface area contributed by atoms with Gasteiger partial charge in [0.2, 0.25) is 5.91 Å². The number of nitro groups is 1. The van der Waals surface area contributed by atoms with Gasteiger partial charge >= 0.3 is 11.6 Å². The zero-order chi connectivity index (χ0) is 13.5. The van der Waals surface area contributed by atoms with Gasteiger partial charge in [0.15, 0.2) is 0 Å². The molecule has 0 aromatic carbocycles. The summed E-state index contributed by atoms with van der Waals surface area (Å²) in [6.07, 6.45) is 2.35. The summed E-state index contributed by atoms with van der Waals surface area (Å²) in [5.74, 6) is -0.150. The second-order valence-corrected chi connectivity index (χ2v) is 3.64. The standard InChI is InChI=1S/C10H16N4O4/c1-3-5-11-9(15)4-6-13-7-8(14(16)17)10(12-13)18-2/h7H,3-6H2,1-2H3,(H,11,15). The van der Waals surface area contributed by atoms with E-state index < -0.39 is 4.92 Å². The normalized spacial score (nSPS) is 10.1. The number of aromatic nitrogens is 2. The van der Waals surface area contributed by atoms with Crippen LogP contribution in [0.5, 0.6) is 5.88 Å². The van der Waals surface area contributed by atoms with Gasteiger partial charge in [-0.05, 0) is 6.42 Å². The number of nitrogens with one attached hydrogen (secondary N) is 1. The van der Waals surface area contributed by atoms with Gasteiger partial charge in [0.1, 0.15) is 6.20 Å². The fourth-order valence-corrected chi connectivity index (χ4v) is 1.35. The Bertz CT molecular complexity index is 430. The molecule has 1 heterocycles. The molecule has 0 radical (unpaired) electrons. The molecule has 1 rings (SSSR count). The first-order valence-electron chi connectivity index (χ1n) is 5.61. The Morgan fingerprint density at radius 2 is 2.39 bits per heavy atom. The molecule has 0 spiro atoms. The molecule has 1 aromatic heterocycles. The molecule has 0 aliphatic heterocycles. The molecular weight excluding hydrogens is 240 g/mol. The SMILES string of the molecule is CCCNC(=O)CCn1cc([N+](=O)[O-])c(OC)n1. The van der Waals surface area contributed by atoms with Crippen molar-refractivity contribution in [1.29, 1.82) is 0 Å². The second-order valence-electron chi connectivity index (χ2n) is 3.64. The van der Waals surface area contributed by atoms with Gasteiger partial charge in [-0.1, -0.05) is 6.92 Å². The first-order valence-corrected chi connectivity index (χ1v) is 5.61. The summed E-state index contributed by atoms with van der Waals surface area (Å²) in [5, 5.41) is 17.3.